The molecule has 0 aliphatic carbocycles. The molecule has 0 N–H and O–H groups in total. The monoisotopic (exact) mass is 540 g/mol. The maximum absolute atomic E-state index is 9.18. The second-order valence-electron chi connectivity index (χ2n) is 7.93. The molecule has 0 unspecified atom stereocenters. The highest BCUT2D eigenvalue weighted by molar-refractivity contribution is 7.18. The molecule has 10 nitrogen and oxygen atoms in total. The van der Waals surface area contributed by atoms with Crippen LogP contribution in [0.2, 0.25) is 0 Å². The summed E-state index contributed by atoms with van der Waals surface area (Å²) in [5.74, 6) is 2.27. The van der Waals surface area contributed by atoms with E-state index in [1.54, 1.807) is 67.5 Å². The molecule has 0 spiro atoms. The maximum atomic E-state index is 9.18. The number of furan rings is 1. The van der Waals surface area contributed by atoms with E-state index in [0.29, 0.717) is 55.8 Å². The molecule has 0 radical (unpaired) electrons. The van der Waals surface area contributed by atoms with Gasteiger partial charge in [0.05, 0.1) is 43.1 Å². The third kappa shape index (κ3) is 5.23. The largest absolute Gasteiger partial charge is 0.496 e. The number of nitrogens with zero attached hydrogens (tertiary/aromatic N) is 6. The van der Waals surface area contributed by atoms with Crippen LogP contribution in [-0.4, -0.2) is 38.8 Å². The Labute approximate surface area is 228 Å². The van der Waals surface area contributed by atoms with Crippen molar-refractivity contribution in [2.75, 3.05) is 14.2 Å². The van der Waals surface area contributed by atoms with Crippen molar-refractivity contribution in [3.8, 4) is 45.6 Å². The third-order valence-corrected chi connectivity index (χ3v) is 6.48. The molecule has 0 atom stereocenters. The molecule has 2 aromatic carbocycles. The van der Waals surface area contributed by atoms with Crippen molar-refractivity contribution in [2.24, 2.45) is 0 Å². The first-order chi connectivity index (χ1) is 19.1. The average Bonchev–Trinajstić information content (AvgIpc) is 3.70. The van der Waals surface area contributed by atoms with Gasteiger partial charge in [-0.1, -0.05) is 26.0 Å². The van der Waals surface area contributed by atoms with Crippen molar-refractivity contribution < 1.29 is 18.6 Å². The maximum Gasteiger partial charge on any atom is 0.294 e. The SMILES string of the molecule is CC.COc1cc(OCc2ccnc(-c3cccc(C#N)c3)n2)c2cc(-c3cn4nc(OC)sc4n3)oc2c1. The molecular weight excluding hydrogens is 516 g/mol. The summed E-state index contributed by atoms with van der Waals surface area (Å²) >= 11 is 1.34. The lowest BCUT2D eigenvalue weighted by Crippen LogP contribution is -2.01. The Kier molecular flexibility index (Phi) is 7.38. The Bertz CT molecular complexity index is 1770. The van der Waals surface area contributed by atoms with Crippen LogP contribution < -0.4 is 14.2 Å². The van der Waals surface area contributed by atoms with Gasteiger partial charge < -0.3 is 18.6 Å². The molecule has 6 rings (SSSR count). The normalized spacial score (nSPS) is 10.6. The van der Waals surface area contributed by atoms with Gasteiger partial charge in [0.25, 0.3) is 5.19 Å². The van der Waals surface area contributed by atoms with Gasteiger partial charge in [0.1, 0.15) is 29.4 Å². The van der Waals surface area contributed by atoms with Gasteiger partial charge in [0.15, 0.2) is 11.6 Å². The van der Waals surface area contributed by atoms with E-state index in [1.165, 1.54) is 11.3 Å². The summed E-state index contributed by atoms with van der Waals surface area (Å²) < 4.78 is 24.6. The Morgan fingerprint density at radius 1 is 1.05 bits per heavy atom. The highest BCUT2D eigenvalue weighted by Gasteiger charge is 2.17. The average molecular weight is 541 g/mol. The van der Waals surface area contributed by atoms with Crippen LogP contribution in [0, 0.1) is 11.3 Å². The van der Waals surface area contributed by atoms with Crippen molar-refractivity contribution >= 4 is 27.3 Å². The molecule has 0 amide bonds. The molecule has 11 heteroatoms. The van der Waals surface area contributed by atoms with E-state index in [4.69, 9.17) is 18.6 Å². The van der Waals surface area contributed by atoms with E-state index in [0.717, 1.165) is 10.9 Å². The molecule has 0 bridgehead atoms. The molecule has 4 heterocycles. The topological polar surface area (TPSA) is 121 Å². The molecule has 6 aromatic rings. The van der Waals surface area contributed by atoms with E-state index in [9.17, 15) is 5.26 Å². The number of ether oxygens (including phenoxy) is 3. The fourth-order valence-corrected chi connectivity index (χ4v) is 4.52. The van der Waals surface area contributed by atoms with Gasteiger partial charge >= 0.3 is 0 Å². The quantitative estimate of drug-likeness (QED) is 0.234. The Balaban J connectivity index is 0.00000151. The van der Waals surface area contributed by atoms with Gasteiger partial charge in [-0.25, -0.2) is 19.5 Å². The van der Waals surface area contributed by atoms with Crippen LogP contribution in [0.15, 0.2) is 65.3 Å². The highest BCUT2D eigenvalue weighted by atomic mass is 32.1. The Morgan fingerprint density at radius 3 is 2.69 bits per heavy atom. The van der Waals surface area contributed by atoms with E-state index in [-0.39, 0.29) is 6.61 Å². The highest BCUT2D eigenvalue weighted by Crippen LogP contribution is 2.37. The van der Waals surface area contributed by atoms with E-state index >= 15 is 0 Å². The minimum Gasteiger partial charge on any atom is -0.496 e. The van der Waals surface area contributed by atoms with Crippen LogP contribution in [0.5, 0.6) is 16.7 Å². The number of benzene rings is 2. The predicted molar refractivity (Wildman–Crippen MR) is 147 cm³/mol. The molecule has 0 fully saturated rings. The minimum atomic E-state index is 0.195. The van der Waals surface area contributed by atoms with Crippen LogP contribution in [0.1, 0.15) is 25.1 Å². The molecule has 196 valence electrons. The van der Waals surface area contributed by atoms with Crippen molar-refractivity contribution in [1.29, 1.82) is 5.26 Å². The summed E-state index contributed by atoms with van der Waals surface area (Å²) in [4.78, 5) is 14.3. The molecular formula is C28H24N6O4S. The van der Waals surface area contributed by atoms with Gasteiger partial charge in [-0.2, -0.15) is 5.26 Å². The molecule has 4 aromatic heterocycles. The molecule has 0 aliphatic rings. The minimum absolute atomic E-state index is 0.195. The van der Waals surface area contributed by atoms with E-state index in [2.05, 4.69) is 26.1 Å². The lowest BCUT2D eigenvalue weighted by atomic mass is 10.1. The van der Waals surface area contributed by atoms with Gasteiger partial charge in [0.2, 0.25) is 4.96 Å². The first-order valence-corrected chi connectivity index (χ1v) is 12.9. The second kappa shape index (κ2) is 11.2. The van der Waals surface area contributed by atoms with Crippen LogP contribution in [-0.2, 0) is 6.61 Å². The molecule has 39 heavy (non-hydrogen) atoms. The number of aromatic nitrogens is 5. The Hall–Kier alpha value is -4.95. The number of nitriles is 1. The van der Waals surface area contributed by atoms with Gasteiger partial charge in [-0.3, -0.25) is 0 Å². The number of hydrogen-bond acceptors (Lipinski definition) is 10. The number of methoxy groups -OCH3 is 2. The lowest BCUT2D eigenvalue weighted by Gasteiger charge is -2.09. The summed E-state index contributed by atoms with van der Waals surface area (Å²) in [5, 5.41) is 14.8. The summed E-state index contributed by atoms with van der Waals surface area (Å²) in [6, 6.07) is 16.6. The molecule has 0 saturated heterocycles. The smallest absolute Gasteiger partial charge is 0.294 e. The second-order valence-corrected chi connectivity index (χ2v) is 8.84. The Morgan fingerprint density at radius 2 is 1.92 bits per heavy atom. The van der Waals surface area contributed by atoms with E-state index in [1.807, 2.05) is 26.0 Å². The number of imidazole rings is 1. The van der Waals surface area contributed by atoms with Crippen molar-refractivity contribution in [1.82, 2.24) is 24.6 Å². The zero-order valence-corrected chi connectivity index (χ0v) is 22.5. The summed E-state index contributed by atoms with van der Waals surface area (Å²) in [7, 11) is 3.16. The van der Waals surface area contributed by atoms with Crippen molar-refractivity contribution in [3.05, 3.63) is 72.2 Å². The number of rotatable bonds is 7. The number of hydrogen-bond donors (Lipinski definition) is 0. The van der Waals surface area contributed by atoms with Crippen LogP contribution in [0.4, 0.5) is 0 Å². The first-order valence-electron chi connectivity index (χ1n) is 12.1. The lowest BCUT2D eigenvalue weighted by molar-refractivity contribution is 0.302. The van der Waals surface area contributed by atoms with Crippen LogP contribution in [0.25, 0.3) is 38.8 Å². The van der Waals surface area contributed by atoms with Crippen LogP contribution in [0.3, 0.4) is 0 Å². The van der Waals surface area contributed by atoms with Crippen LogP contribution >= 0.6 is 11.3 Å². The fraction of sp³-hybridized carbons (Fsp3) is 0.179. The molecule has 0 aliphatic heterocycles. The van der Waals surface area contributed by atoms with Gasteiger partial charge in [0, 0.05) is 23.9 Å². The van der Waals surface area contributed by atoms with Gasteiger partial charge in [-0.05, 0) is 35.6 Å². The standard InChI is InChI=1S/C26H18N6O4S.C2H6/c1-33-18-9-21(35-14-17-6-7-28-24(29-17)16-5-3-4-15(8-16)12-27)19-11-23(36-22(19)10-18)20-13-32-25(30-20)37-26(31-32)34-2;1-2/h3-11,13H,14H2,1-2H3;1-2H3. The summed E-state index contributed by atoms with van der Waals surface area (Å²) in [6.45, 7) is 4.19. The fourth-order valence-electron chi connectivity index (χ4n) is 3.82. The zero-order chi connectivity index (χ0) is 27.4. The zero-order valence-electron chi connectivity index (χ0n) is 21.7. The predicted octanol–water partition coefficient (Wildman–Crippen LogP) is 6.16. The first kappa shape index (κ1) is 25.7. The summed E-state index contributed by atoms with van der Waals surface area (Å²) in [5.41, 5.74) is 3.23. The van der Waals surface area contributed by atoms with E-state index < -0.39 is 0 Å². The van der Waals surface area contributed by atoms with Crippen molar-refractivity contribution in [3.63, 3.8) is 0 Å². The summed E-state index contributed by atoms with van der Waals surface area (Å²) in [6.07, 6.45) is 3.46. The molecule has 0 saturated carbocycles. The third-order valence-electron chi connectivity index (χ3n) is 5.60. The van der Waals surface area contributed by atoms with Crippen molar-refractivity contribution in [2.45, 2.75) is 20.5 Å². The number of fused-ring (bicyclic) bond motifs is 2. The van der Waals surface area contributed by atoms with Gasteiger partial charge in [-0.15, -0.1) is 5.10 Å².